The third kappa shape index (κ3) is 3.31. The second kappa shape index (κ2) is 6.44. The summed E-state index contributed by atoms with van der Waals surface area (Å²) in [6.45, 7) is 0.722. The minimum absolute atomic E-state index is 0.0432. The molecule has 1 aliphatic rings. The molecule has 1 amide bonds. The molecule has 9 nitrogen and oxygen atoms in total. The normalized spacial score (nSPS) is 19.8. The molecule has 0 aliphatic carbocycles. The molecule has 0 saturated carbocycles. The number of amides is 1. The van der Waals surface area contributed by atoms with E-state index in [1.807, 2.05) is 0 Å². The van der Waals surface area contributed by atoms with Gasteiger partial charge in [0.1, 0.15) is 0 Å². The van der Waals surface area contributed by atoms with E-state index in [4.69, 9.17) is 14.4 Å². The zero-order valence-electron chi connectivity index (χ0n) is 11.0. The fourth-order valence-corrected chi connectivity index (χ4v) is 1.93. The molecule has 0 radical (unpaired) electrons. The third-order valence-electron chi connectivity index (χ3n) is 2.94. The van der Waals surface area contributed by atoms with Crippen molar-refractivity contribution < 1.29 is 24.0 Å². The molecule has 1 aliphatic heterocycles. The van der Waals surface area contributed by atoms with Gasteiger partial charge >= 0.3 is 5.97 Å². The van der Waals surface area contributed by atoms with Gasteiger partial charge in [-0.25, -0.2) is 4.79 Å². The van der Waals surface area contributed by atoms with Crippen LogP contribution in [0.3, 0.4) is 0 Å². The van der Waals surface area contributed by atoms with Crippen molar-refractivity contribution in [2.45, 2.75) is 24.9 Å². The topological polar surface area (TPSA) is 127 Å². The van der Waals surface area contributed by atoms with Crippen LogP contribution >= 0.6 is 0 Å². The Bertz CT molecular complexity index is 483. The van der Waals surface area contributed by atoms with Crippen molar-refractivity contribution in [2.24, 2.45) is 0 Å². The summed E-state index contributed by atoms with van der Waals surface area (Å²) in [5.74, 6) is -1.74. The van der Waals surface area contributed by atoms with Crippen molar-refractivity contribution >= 4 is 11.9 Å². The number of aliphatic carboxylic acids is 1. The summed E-state index contributed by atoms with van der Waals surface area (Å²) in [6.07, 6.45) is 1.87. The van der Waals surface area contributed by atoms with Crippen LogP contribution in [-0.4, -0.2) is 53.4 Å². The molecular formula is C11H16N4O5. The van der Waals surface area contributed by atoms with Crippen molar-refractivity contribution in [3.8, 4) is 0 Å². The number of hydrogen-bond acceptors (Lipinski definition) is 7. The smallest absolute Gasteiger partial charge is 0.328 e. The van der Waals surface area contributed by atoms with Crippen molar-refractivity contribution in [1.29, 1.82) is 0 Å². The summed E-state index contributed by atoms with van der Waals surface area (Å²) in [7, 11) is 1.35. The molecule has 1 aromatic rings. The number of rotatable bonds is 6. The highest BCUT2D eigenvalue weighted by atomic mass is 16.5. The van der Waals surface area contributed by atoms with Gasteiger partial charge < -0.3 is 25.0 Å². The number of aromatic nitrogens is 2. The Kier molecular flexibility index (Phi) is 4.64. The maximum atomic E-state index is 11.8. The van der Waals surface area contributed by atoms with Crippen LogP contribution in [0.5, 0.6) is 0 Å². The molecule has 2 unspecified atom stereocenters. The molecule has 2 atom stereocenters. The first kappa shape index (κ1) is 14.4. The van der Waals surface area contributed by atoms with Crippen LogP contribution in [0.25, 0.3) is 0 Å². The molecule has 20 heavy (non-hydrogen) atoms. The summed E-state index contributed by atoms with van der Waals surface area (Å²) in [6, 6.07) is -1.20. The third-order valence-corrected chi connectivity index (χ3v) is 2.94. The fourth-order valence-electron chi connectivity index (χ4n) is 1.93. The molecule has 2 heterocycles. The second-order valence-electron chi connectivity index (χ2n) is 4.42. The minimum atomic E-state index is -1.19. The number of ether oxygens (including phenoxy) is 1. The van der Waals surface area contributed by atoms with Gasteiger partial charge in [-0.2, -0.15) is 4.98 Å². The standard InChI is InChI=1S/C11H16N4O5/c1-19-5-7(11(17)18)13-9(16)8-14-10(20-15-8)6-3-2-4-12-6/h6-7,12H,2-5H2,1H3,(H,13,16)(H,17,18). The molecule has 1 aromatic heterocycles. The lowest BCUT2D eigenvalue weighted by atomic mass is 10.2. The van der Waals surface area contributed by atoms with Gasteiger partial charge in [-0.15, -0.1) is 0 Å². The van der Waals surface area contributed by atoms with Crippen LogP contribution in [-0.2, 0) is 9.53 Å². The van der Waals surface area contributed by atoms with E-state index < -0.39 is 17.9 Å². The van der Waals surface area contributed by atoms with Crippen molar-refractivity contribution in [3.63, 3.8) is 0 Å². The first-order valence-electron chi connectivity index (χ1n) is 6.21. The molecule has 0 aromatic carbocycles. The number of carbonyl (C=O) groups is 2. The van der Waals surface area contributed by atoms with Crippen LogP contribution in [0, 0.1) is 0 Å². The maximum Gasteiger partial charge on any atom is 0.328 e. The molecule has 1 saturated heterocycles. The Morgan fingerprint density at radius 2 is 2.45 bits per heavy atom. The van der Waals surface area contributed by atoms with Crippen LogP contribution < -0.4 is 10.6 Å². The van der Waals surface area contributed by atoms with Crippen LogP contribution in [0.1, 0.15) is 35.4 Å². The van der Waals surface area contributed by atoms with Gasteiger partial charge in [-0.1, -0.05) is 5.16 Å². The zero-order valence-corrected chi connectivity index (χ0v) is 11.0. The monoisotopic (exact) mass is 284 g/mol. The summed E-state index contributed by atoms with van der Waals surface area (Å²) in [4.78, 5) is 26.7. The lowest BCUT2D eigenvalue weighted by Gasteiger charge is -2.11. The number of hydrogen-bond donors (Lipinski definition) is 3. The van der Waals surface area contributed by atoms with E-state index in [2.05, 4.69) is 20.8 Å². The van der Waals surface area contributed by atoms with E-state index in [-0.39, 0.29) is 18.5 Å². The van der Waals surface area contributed by atoms with E-state index >= 15 is 0 Å². The highest BCUT2D eigenvalue weighted by molar-refractivity contribution is 5.93. The number of carboxylic acid groups (broad SMARTS) is 1. The Labute approximate surface area is 114 Å². The lowest BCUT2D eigenvalue weighted by Crippen LogP contribution is -2.44. The SMILES string of the molecule is COCC(NC(=O)c1noc(C2CCCN2)n1)C(=O)O. The van der Waals surface area contributed by atoms with Gasteiger partial charge in [0.25, 0.3) is 11.7 Å². The quantitative estimate of drug-likeness (QED) is 0.627. The Hall–Kier alpha value is -2.00. The average molecular weight is 284 g/mol. The van der Waals surface area contributed by atoms with Gasteiger partial charge in [0.15, 0.2) is 6.04 Å². The van der Waals surface area contributed by atoms with Crippen LogP contribution in [0.2, 0.25) is 0 Å². The van der Waals surface area contributed by atoms with Gasteiger partial charge in [0.05, 0.1) is 12.6 Å². The van der Waals surface area contributed by atoms with E-state index in [1.165, 1.54) is 7.11 Å². The number of carboxylic acids is 1. The first-order chi connectivity index (χ1) is 9.61. The average Bonchev–Trinajstić information content (AvgIpc) is 3.08. The van der Waals surface area contributed by atoms with E-state index in [0.29, 0.717) is 5.89 Å². The summed E-state index contributed by atoms with van der Waals surface area (Å²) in [5.41, 5.74) is 0. The van der Waals surface area contributed by atoms with Crippen LogP contribution in [0.4, 0.5) is 0 Å². The lowest BCUT2D eigenvalue weighted by molar-refractivity contribution is -0.140. The predicted octanol–water partition coefficient (Wildman–Crippen LogP) is -0.676. The predicted molar refractivity (Wildman–Crippen MR) is 65.0 cm³/mol. The van der Waals surface area contributed by atoms with E-state index in [9.17, 15) is 9.59 Å². The number of methoxy groups -OCH3 is 1. The number of nitrogens with one attached hydrogen (secondary N) is 2. The van der Waals surface area contributed by atoms with E-state index in [0.717, 1.165) is 19.4 Å². The first-order valence-corrected chi connectivity index (χ1v) is 6.21. The molecular weight excluding hydrogens is 268 g/mol. The van der Waals surface area contributed by atoms with Crippen molar-refractivity contribution in [3.05, 3.63) is 11.7 Å². The van der Waals surface area contributed by atoms with E-state index in [1.54, 1.807) is 0 Å². The fraction of sp³-hybridized carbons (Fsp3) is 0.636. The Morgan fingerprint density at radius 1 is 1.65 bits per heavy atom. The van der Waals surface area contributed by atoms with Gasteiger partial charge in [-0.3, -0.25) is 4.79 Å². The van der Waals surface area contributed by atoms with Gasteiger partial charge in [0.2, 0.25) is 5.89 Å². The molecule has 0 spiro atoms. The molecule has 1 fully saturated rings. The Morgan fingerprint density at radius 3 is 3.05 bits per heavy atom. The minimum Gasteiger partial charge on any atom is -0.480 e. The molecule has 0 bridgehead atoms. The number of carbonyl (C=O) groups excluding carboxylic acids is 1. The molecule has 3 N–H and O–H groups in total. The molecule has 9 heteroatoms. The van der Waals surface area contributed by atoms with Crippen molar-refractivity contribution in [2.75, 3.05) is 20.3 Å². The van der Waals surface area contributed by atoms with Gasteiger partial charge in [0, 0.05) is 7.11 Å². The second-order valence-corrected chi connectivity index (χ2v) is 4.42. The largest absolute Gasteiger partial charge is 0.480 e. The maximum absolute atomic E-state index is 11.8. The summed E-state index contributed by atoms with van der Waals surface area (Å²) >= 11 is 0. The highest BCUT2D eigenvalue weighted by Crippen LogP contribution is 2.20. The highest BCUT2D eigenvalue weighted by Gasteiger charge is 2.26. The van der Waals surface area contributed by atoms with Gasteiger partial charge in [-0.05, 0) is 19.4 Å². The number of nitrogens with zero attached hydrogens (tertiary/aromatic N) is 2. The summed E-state index contributed by atoms with van der Waals surface area (Å²) < 4.78 is 9.73. The van der Waals surface area contributed by atoms with Crippen molar-refractivity contribution in [1.82, 2.24) is 20.8 Å². The molecule has 110 valence electrons. The molecule has 2 rings (SSSR count). The summed E-state index contributed by atoms with van der Waals surface area (Å²) in [5, 5.41) is 17.9. The van der Waals surface area contributed by atoms with Crippen LogP contribution in [0.15, 0.2) is 4.52 Å². The Balaban J connectivity index is 1.99. The zero-order chi connectivity index (χ0) is 14.5.